The molecule has 0 saturated heterocycles. The highest BCUT2D eigenvalue weighted by atomic mass is 19.4. The van der Waals surface area contributed by atoms with Crippen LogP contribution in [0.25, 0.3) is 0 Å². The minimum absolute atomic E-state index is 0.00576. The number of hydrogen-bond acceptors (Lipinski definition) is 4. The van der Waals surface area contributed by atoms with E-state index in [1.165, 1.54) is 6.20 Å². The second-order valence-electron chi connectivity index (χ2n) is 6.64. The number of anilines is 1. The number of nitrogens with zero attached hydrogens (tertiary/aromatic N) is 5. The molecule has 0 unspecified atom stereocenters. The molecule has 1 amide bonds. The fraction of sp³-hybridized carbons (Fsp3) is 0.562. The molecule has 0 spiro atoms. The van der Waals surface area contributed by atoms with Crippen LogP contribution in [0, 0.1) is 0 Å². The van der Waals surface area contributed by atoms with Gasteiger partial charge >= 0.3 is 6.18 Å². The van der Waals surface area contributed by atoms with Crippen LogP contribution in [0.3, 0.4) is 0 Å². The summed E-state index contributed by atoms with van der Waals surface area (Å²) >= 11 is 0. The molecule has 2 heterocycles. The molecule has 1 N–H and O–H groups in total. The van der Waals surface area contributed by atoms with Crippen LogP contribution < -0.4 is 5.32 Å². The Morgan fingerprint density at radius 3 is 2.69 bits per heavy atom. The van der Waals surface area contributed by atoms with Crippen molar-refractivity contribution in [3.8, 4) is 0 Å². The summed E-state index contributed by atoms with van der Waals surface area (Å²) in [5.41, 5.74) is 2.01. The highest BCUT2D eigenvalue weighted by molar-refractivity contribution is 5.80. The van der Waals surface area contributed by atoms with Crippen molar-refractivity contribution in [1.29, 1.82) is 0 Å². The van der Waals surface area contributed by atoms with Crippen molar-refractivity contribution < 1.29 is 18.0 Å². The fourth-order valence-corrected chi connectivity index (χ4v) is 2.72. The van der Waals surface area contributed by atoms with Crippen LogP contribution in [-0.4, -0.2) is 50.1 Å². The Hall–Kier alpha value is -2.52. The number of hydrogen-bond donors (Lipinski definition) is 1. The molecule has 0 bridgehead atoms. The van der Waals surface area contributed by atoms with Crippen molar-refractivity contribution in [2.24, 2.45) is 7.05 Å². The maximum Gasteiger partial charge on any atom is 0.408 e. The predicted molar refractivity (Wildman–Crippen MR) is 88.4 cm³/mol. The number of aromatic nitrogens is 4. The van der Waals surface area contributed by atoms with E-state index in [0.29, 0.717) is 17.9 Å². The summed E-state index contributed by atoms with van der Waals surface area (Å²) in [5.74, 6) is 0.00869. The SMILES string of the molecule is CN(Cc1cnn(C)c1)C(=O)CNc1cn(CC(F)(F)F)nc1C1CC1. The van der Waals surface area contributed by atoms with E-state index in [4.69, 9.17) is 0 Å². The maximum atomic E-state index is 12.6. The lowest BCUT2D eigenvalue weighted by atomic mass is 10.2. The second-order valence-corrected chi connectivity index (χ2v) is 6.64. The number of alkyl halides is 3. The maximum absolute atomic E-state index is 12.6. The third-order valence-corrected chi connectivity index (χ3v) is 4.13. The van der Waals surface area contributed by atoms with Gasteiger partial charge in [0.05, 0.1) is 24.1 Å². The molecule has 0 atom stereocenters. The molecule has 7 nitrogen and oxygen atoms in total. The summed E-state index contributed by atoms with van der Waals surface area (Å²) in [6.07, 6.45) is 2.33. The molecule has 0 radical (unpaired) electrons. The Bertz CT molecular complexity index is 777. The number of aryl methyl sites for hydroxylation is 1. The first-order valence-electron chi connectivity index (χ1n) is 8.31. The van der Waals surface area contributed by atoms with Crippen molar-refractivity contribution >= 4 is 11.6 Å². The van der Waals surface area contributed by atoms with E-state index in [1.807, 2.05) is 6.20 Å². The molecule has 1 aliphatic carbocycles. The standard InChI is InChI=1S/C16H21F3N6O/c1-23(7-11-5-21-24(2)8-11)14(26)6-20-13-9-25(10-16(17,18)19)22-15(13)12-3-4-12/h5,8-9,12,20H,3-4,6-7,10H2,1-2H3. The van der Waals surface area contributed by atoms with Gasteiger partial charge in [0.15, 0.2) is 0 Å². The molecule has 0 aliphatic heterocycles. The zero-order chi connectivity index (χ0) is 18.9. The molecule has 10 heteroatoms. The number of likely N-dealkylation sites (N-methyl/N-ethyl adjacent to an activating group) is 1. The molecular weight excluding hydrogens is 349 g/mol. The van der Waals surface area contributed by atoms with Crippen molar-refractivity contribution in [2.45, 2.75) is 38.0 Å². The van der Waals surface area contributed by atoms with Gasteiger partial charge in [-0.15, -0.1) is 0 Å². The zero-order valence-corrected chi connectivity index (χ0v) is 14.6. The molecule has 142 valence electrons. The summed E-state index contributed by atoms with van der Waals surface area (Å²) in [5, 5.41) is 11.1. The molecule has 3 rings (SSSR count). The summed E-state index contributed by atoms with van der Waals surface area (Å²) in [4.78, 5) is 13.8. The third kappa shape index (κ3) is 4.77. The Kier molecular flexibility index (Phi) is 4.92. The van der Waals surface area contributed by atoms with Crippen LogP contribution in [0.2, 0.25) is 0 Å². The Labute approximate surface area is 148 Å². The summed E-state index contributed by atoms with van der Waals surface area (Å²) in [6, 6.07) is 0. The highest BCUT2D eigenvalue weighted by Crippen LogP contribution is 2.42. The van der Waals surface area contributed by atoms with E-state index in [0.717, 1.165) is 23.1 Å². The van der Waals surface area contributed by atoms with E-state index >= 15 is 0 Å². The lowest BCUT2D eigenvalue weighted by molar-refractivity contribution is -0.142. The van der Waals surface area contributed by atoms with Gasteiger partial charge in [0.25, 0.3) is 0 Å². The number of carbonyl (C=O) groups is 1. The lowest BCUT2D eigenvalue weighted by Crippen LogP contribution is -2.31. The molecule has 1 aliphatic rings. The average molecular weight is 370 g/mol. The fourth-order valence-electron chi connectivity index (χ4n) is 2.72. The molecule has 0 aromatic carbocycles. The first-order chi connectivity index (χ1) is 12.2. The minimum Gasteiger partial charge on any atom is -0.373 e. The van der Waals surface area contributed by atoms with Gasteiger partial charge in [-0.2, -0.15) is 23.4 Å². The molecule has 2 aromatic heterocycles. The predicted octanol–water partition coefficient (Wildman–Crippen LogP) is 2.13. The largest absolute Gasteiger partial charge is 0.408 e. The number of carbonyl (C=O) groups excluding carboxylic acids is 1. The number of amides is 1. The highest BCUT2D eigenvalue weighted by Gasteiger charge is 2.33. The van der Waals surface area contributed by atoms with Crippen LogP contribution in [0.1, 0.15) is 30.0 Å². The van der Waals surface area contributed by atoms with Gasteiger partial charge in [-0.1, -0.05) is 0 Å². The Balaban J connectivity index is 1.60. The second kappa shape index (κ2) is 7.00. The number of nitrogens with one attached hydrogen (secondary N) is 1. The van der Waals surface area contributed by atoms with E-state index in [-0.39, 0.29) is 18.4 Å². The van der Waals surface area contributed by atoms with Crippen LogP contribution >= 0.6 is 0 Å². The molecule has 26 heavy (non-hydrogen) atoms. The van der Waals surface area contributed by atoms with Gasteiger partial charge in [0.1, 0.15) is 6.54 Å². The lowest BCUT2D eigenvalue weighted by Gasteiger charge is -2.16. The summed E-state index contributed by atoms with van der Waals surface area (Å²) in [7, 11) is 3.47. The van der Waals surface area contributed by atoms with Crippen molar-refractivity contribution in [3.63, 3.8) is 0 Å². The Morgan fingerprint density at radius 2 is 2.12 bits per heavy atom. The normalized spacial score (nSPS) is 14.5. The first kappa shape index (κ1) is 18.3. The van der Waals surface area contributed by atoms with Crippen LogP contribution in [0.5, 0.6) is 0 Å². The molecule has 1 saturated carbocycles. The van der Waals surface area contributed by atoms with E-state index in [9.17, 15) is 18.0 Å². The summed E-state index contributed by atoms with van der Waals surface area (Å²) < 4.78 is 40.3. The minimum atomic E-state index is -4.33. The van der Waals surface area contributed by atoms with Crippen molar-refractivity contribution in [2.75, 3.05) is 18.9 Å². The van der Waals surface area contributed by atoms with Crippen molar-refractivity contribution in [1.82, 2.24) is 24.5 Å². The Morgan fingerprint density at radius 1 is 1.38 bits per heavy atom. The average Bonchev–Trinajstić information content (AvgIpc) is 3.19. The van der Waals surface area contributed by atoms with Crippen LogP contribution in [0.4, 0.5) is 18.9 Å². The topological polar surface area (TPSA) is 68.0 Å². The third-order valence-electron chi connectivity index (χ3n) is 4.13. The van der Waals surface area contributed by atoms with Gasteiger partial charge < -0.3 is 10.2 Å². The van der Waals surface area contributed by atoms with Gasteiger partial charge in [-0.05, 0) is 12.8 Å². The first-order valence-corrected chi connectivity index (χ1v) is 8.31. The number of rotatable bonds is 7. The number of halogens is 3. The van der Waals surface area contributed by atoms with E-state index in [1.54, 1.807) is 29.9 Å². The van der Waals surface area contributed by atoms with Gasteiger partial charge in [0.2, 0.25) is 5.91 Å². The van der Waals surface area contributed by atoms with Crippen LogP contribution in [0.15, 0.2) is 18.6 Å². The smallest absolute Gasteiger partial charge is 0.373 e. The quantitative estimate of drug-likeness (QED) is 0.811. The van der Waals surface area contributed by atoms with Crippen molar-refractivity contribution in [3.05, 3.63) is 29.8 Å². The van der Waals surface area contributed by atoms with Gasteiger partial charge in [0, 0.05) is 44.5 Å². The monoisotopic (exact) mass is 370 g/mol. The summed E-state index contributed by atoms with van der Waals surface area (Å²) in [6.45, 7) is -0.728. The molecule has 1 fully saturated rings. The van der Waals surface area contributed by atoms with Gasteiger partial charge in [-0.25, -0.2) is 0 Å². The zero-order valence-electron chi connectivity index (χ0n) is 14.6. The van der Waals surface area contributed by atoms with Crippen LogP contribution in [-0.2, 0) is 24.9 Å². The van der Waals surface area contributed by atoms with Gasteiger partial charge in [-0.3, -0.25) is 14.2 Å². The molecule has 2 aromatic rings. The van der Waals surface area contributed by atoms with E-state index < -0.39 is 12.7 Å². The molecular formula is C16H21F3N6O. The van der Waals surface area contributed by atoms with E-state index in [2.05, 4.69) is 15.5 Å².